The average molecular weight is 300 g/mol. The van der Waals surface area contributed by atoms with Crippen LogP contribution in [0.2, 0.25) is 0 Å². The largest absolute Gasteiger partial charge is 0.481 e. The molecule has 122 valence electrons. The van der Waals surface area contributed by atoms with Crippen LogP contribution in [0.15, 0.2) is 0 Å². The maximum Gasteiger partial charge on any atom is 0.315 e. The number of aliphatic carboxylic acids is 1. The first kappa shape index (κ1) is 17.8. The van der Waals surface area contributed by atoms with Crippen LogP contribution >= 0.6 is 0 Å². The van der Waals surface area contributed by atoms with E-state index < -0.39 is 12.1 Å². The Morgan fingerprint density at radius 2 is 1.90 bits per heavy atom. The summed E-state index contributed by atoms with van der Waals surface area (Å²) in [6.45, 7) is 2.51. The third kappa shape index (κ3) is 7.90. The van der Waals surface area contributed by atoms with Gasteiger partial charge in [-0.3, -0.25) is 4.79 Å². The predicted octanol–water partition coefficient (Wildman–Crippen LogP) is 1.87. The van der Waals surface area contributed by atoms with Gasteiger partial charge in [-0.25, -0.2) is 4.79 Å². The Morgan fingerprint density at radius 1 is 1.19 bits per heavy atom. The molecule has 0 aliphatic heterocycles. The molecule has 0 spiro atoms. The van der Waals surface area contributed by atoms with Crippen LogP contribution in [0.1, 0.15) is 58.3 Å². The second kappa shape index (κ2) is 9.60. The molecule has 1 saturated carbocycles. The molecule has 2 amide bonds. The molecule has 6 heteroatoms. The van der Waals surface area contributed by atoms with Crippen LogP contribution in [0.5, 0.6) is 0 Å². The Morgan fingerprint density at radius 3 is 2.62 bits per heavy atom. The first-order chi connectivity index (χ1) is 9.99. The Balaban J connectivity index is 2.16. The van der Waals surface area contributed by atoms with Gasteiger partial charge in [0.05, 0.1) is 12.1 Å². The van der Waals surface area contributed by atoms with Crippen molar-refractivity contribution in [3.05, 3.63) is 0 Å². The van der Waals surface area contributed by atoms with E-state index in [2.05, 4.69) is 10.6 Å². The molecule has 3 atom stereocenters. The molecule has 0 aromatic rings. The standard InChI is InChI=1S/C15H28N2O4/c1-11(7-8-14(19)20)9-10-16-15(21)17-12-5-3-2-4-6-13(12)18/h11-13,18H,2-10H2,1H3,(H,19,20)(H2,16,17,21). The number of aliphatic hydroxyl groups is 1. The summed E-state index contributed by atoms with van der Waals surface area (Å²) in [5.41, 5.74) is 0. The molecule has 0 aromatic carbocycles. The third-order valence-corrected chi connectivity index (χ3v) is 4.07. The highest BCUT2D eigenvalue weighted by Gasteiger charge is 2.22. The van der Waals surface area contributed by atoms with Gasteiger partial charge < -0.3 is 20.8 Å². The Hall–Kier alpha value is -1.30. The molecule has 21 heavy (non-hydrogen) atoms. The van der Waals surface area contributed by atoms with Gasteiger partial charge in [0.2, 0.25) is 0 Å². The van der Waals surface area contributed by atoms with Crippen LogP contribution in [-0.2, 0) is 4.79 Å². The monoisotopic (exact) mass is 300 g/mol. The zero-order valence-electron chi connectivity index (χ0n) is 12.8. The molecular formula is C15H28N2O4. The summed E-state index contributed by atoms with van der Waals surface area (Å²) in [5.74, 6) is -0.514. The summed E-state index contributed by atoms with van der Waals surface area (Å²) in [7, 11) is 0. The number of amides is 2. The van der Waals surface area contributed by atoms with Crippen molar-refractivity contribution in [2.75, 3.05) is 6.54 Å². The fourth-order valence-corrected chi connectivity index (χ4v) is 2.62. The van der Waals surface area contributed by atoms with Crippen molar-refractivity contribution in [2.45, 2.75) is 70.4 Å². The summed E-state index contributed by atoms with van der Waals surface area (Å²) >= 11 is 0. The molecule has 0 heterocycles. The van der Waals surface area contributed by atoms with E-state index in [9.17, 15) is 14.7 Å². The minimum absolute atomic E-state index is 0.156. The number of carboxylic acids is 1. The van der Waals surface area contributed by atoms with E-state index in [-0.39, 0.29) is 24.4 Å². The van der Waals surface area contributed by atoms with Crippen LogP contribution in [0, 0.1) is 5.92 Å². The maximum absolute atomic E-state index is 11.8. The summed E-state index contributed by atoms with van der Waals surface area (Å²) in [4.78, 5) is 22.3. The van der Waals surface area contributed by atoms with E-state index in [0.29, 0.717) is 13.0 Å². The lowest BCUT2D eigenvalue weighted by Crippen LogP contribution is -2.47. The second-order valence-corrected chi connectivity index (χ2v) is 6.04. The van der Waals surface area contributed by atoms with Crippen LogP contribution in [0.3, 0.4) is 0 Å². The third-order valence-electron chi connectivity index (χ3n) is 4.07. The van der Waals surface area contributed by atoms with Crippen molar-refractivity contribution in [3.63, 3.8) is 0 Å². The number of hydrogen-bond donors (Lipinski definition) is 4. The topological polar surface area (TPSA) is 98.7 Å². The number of nitrogens with one attached hydrogen (secondary N) is 2. The maximum atomic E-state index is 11.8. The number of carbonyl (C=O) groups is 2. The highest BCUT2D eigenvalue weighted by Crippen LogP contribution is 2.17. The molecule has 1 aliphatic rings. The van der Waals surface area contributed by atoms with Gasteiger partial charge in [-0.2, -0.15) is 0 Å². The molecule has 1 fully saturated rings. The van der Waals surface area contributed by atoms with E-state index in [0.717, 1.165) is 38.5 Å². The van der Waals surface area contributed by atoms with Crippen molar-refractivity contribution in [1.29, 1.82) is 0 Å². The minimum Gasteiger partial charge on any atom is -0.481 e. The van der Waals surface area contributed by atoms with Gasteiger partial charge >= 0.3 is 12.0 Å². The SMILES string of the molecule is CC(CCNC(=O)NC1CCCCCC1O)CCC(=O)O. The number of carbonyl (C=O) groups excluding carboxylic acids is 1. The number of aliphatic hydroxyl groups excluding tert-OH is 1. The van der Waals surface area contributed by atoms with Crippen molar-refractivity contribution < 1.29 is 19.8 Å². The number of urea groups is 1. The van der Waals surface area contributed by atoms with Crippen molar-refractivity contribution in [3.8, 4) is 0 Å². The Bertz CT molecular complexity index is 336. The summed E-state index contributed by atoms with van der Waals surface area (Å²) in [5, 5.41) is 24.2. The first-order valence-electron chi connectivity index (χ1n) is 7.93. The van der Waals surface area contributed by atoms with Crippen LogP contribution < -0.4 is 10.6 Å². The van der Waals surface area contributed by atoms with Crippen LogP contribution in [-0.4, -0.2) is 40.9 Å². The van der Waals surface area contributed by atoms with E-state index >= 15 is 0 Å². The van der Waals surface area contributed by atoms with Crippen LogP contribution in [0.25, 0.3) is 0 Å². The molecule has 1 rings (SSSR count). The summed E-state index contributed by atoms with van der Waals surface area (Å²) in [6.07, 6.45) is 5.83. The van der Waals surface area contributed by atoms with E-state index in [1.54, 1.807) is 0 Å². The van der Waals surface area contributed by atoms with Gasteiger partial charge in [-0.1, -0.05) is 26.2 Å². The quantitative estimate of drug-likeness (QED) is 0.539. The number of hydrogen-bond acceptors (Lipinski definition) is 3. The molecular weight excluding hydrogens is 272 g/mol. The molecule has 4 N–H and O–H groups in total. The number of rotatable bonds is 7. The highest BCUT2D eigenvalue weighted by atomic mass is 16.4. The van der Waals surface area contributed by atoms with Gasteiger partial charge in [0, 0.05) is 13.0 Å². The fraction of sp³-hybridized carbons (Fsp3) is 0.867. The van der Waals surface area contributed by atoms with E-state index in [1.807, 2.05) is 6.92 Å². The molecule has 6 nitrogen and oxygen atoms in total. The summed E-state index contributed by atoms with van der Waals surface area (Å²) in [6, 6.07) is -0.400. The van der Waals surface area contributed by atoms with Gasteiger partial charge in [-0.15, -0.1) is 0 Å². The molecule has 0 saturated heterocycles. The zero-order valence-corrected chi connectivity index (χ0v) is 12.8. The summed E-state index contributed by atoms with van der Waals surface area (Å²) < 4.78 is 0. The Labute approximate surface area is 126 Å². The average Bonchev–Trinajstić information content (AvgIpc) is 2.62. The van der Waals surface area contributed by atoms with Crippen LogP contribution in [0.4, 0.5) is 4.79 Å². The van der Waals surface area contributed by atoms with Crippen molar-refractivity contribution in [2.24, 2.45) is 5.92 Å². The van der Waals surface area contributed by atoms with Gasteiger partial charge in [0.15, 0.2) is 0 Å². The molecule has 0 radical (unpaired) electrons. The van der Waals surface area contributed by atoms with Gasteiger partial charge in [-0.05, 0) is 31.6 Å². The smallest absolute Gasteiger partial charge is 0.315 e. The lowest BCUT2D eigenvalue weighted by atomic mass is 10.0. The lowest BCUT2D eigenvalue weighted by molar-refractivity contribution is -0.137. The molecule has 1 aliphatic carbocycles. The molecule has 3 unspecified atom stereocenters. The van der Waals surface area contributed by atoms with Crippen molar-refractivity contribution >= 4 is 12.0 Å². The van der Waals surface area contributed by atoms with Gasteiger partial charge in [0.1, 0.15) is 0 Å². The Kier molecular flexibility index (Phi) is 8.12. The van der Waals surface area contributed by atoms with Gasteiger partial charge in [0.25, 0.3) is 0 Å². The van der Waals surface area contributed by atoms with E-state index in [4.69, 9.17) is 5.11 Å². The first-order valence-corrected chi connectivity index (χ1v) is 7.93. The fourth-order valence-electron chi connectivity index (χ4n) is 2.62. The minimum atomic E-state index is -0.782. The second-order valence-electron chi connectivity index (χ2n) is 6.04. The van der Waals surface area contributed by atoms with E-state index in [1.165, 1.54) is 0 Å². The zero-order chi connectivity index (χ0) is 15.7. The predicted molar refractivity (Wildman–Crippen MR) is 80.1 cm³/mol. The normalized spacial score (nSPS) is 23.9. The van der Waals surface area contributed by atoms with Crippen molar-refractivity contribution in [1.82, 2.24) is 10.6 Å². The number of carboxylic acid groups (broad SMARTS) is 1. The lowest BCUT2D eigenvalue weighted by Gasteiger charge is -2.22. The molecule has 0 bridgehead atoms. The highest BCUT2D eigenvalue weighted by molar-refractivity contribution is 5.74. The molecule has 0 aromatic heterocycles.